The Morgan fingerprint density at radius 1 is 0.750 bits per heavy atom. The van der Waals surface area contributed by atoms with Crippen molar-refractivity contribution < 1.29 is 8.78 Å². The van der Waals surface area contributed by atoms with Gasteiger partial charge in [0.15, 0.2) is 0 Å². The first kappa shape index (κ1) is 19.5. The van der Waals surface area contributed by atoms with Crippen molar-refractivity contribution in [2.45, 2.75) is 44.7 Å². The molecule has 1 unspecified atom stereocenters. The van der Waals surface area contributed by atoms with Gasteiger partial charge in [-0.15, -0.1) is 0 Å². The van der Waals surface area contributed by atoms with Crippen LogP contribution in [0.15, 0.2) is 48.5 Å². The maximum Gasteiger partial charge on any atom is 0.123 e. The highest BCUT2D eigenvalue weighted by atomic mass is 19.1. The van der Waals surface area contributed by atoms with Crippen molar-refractivity contribution in [1.29, 1.82) is 0 Å². The number of rotatable bonds is 5. The Hall–Kier alpha value is -1.78. The van der Waals surface area contributed by atoms with Crippen LogP contribution < -0.4 is 0 Å². The number of piperazine rings is 1. The fourth-order valence-corrected chi connectivity index (χ4v) is 4.94. The second kappa shape index (κ2) is 9.15. The average Bonchev–Trinajstić information content (AvgIpc) is 2.73. The Labute approximate surface area is 167 Å². The van der Waals surface area contributed by atoms with Crippen molar-refractivity contribution in [2.75, 3.05) is 26.2 Å². The Morgan fingerprint density at radius 3 is 1.93 bits per heavy atom. The zero-order valence-electron chi connectivity index (χ0n) is 16.5. The lowest BCUT2D eigenvalue weighted by Gasteiger charge is -2.43. The third kappa shape index (κ3) is 4.79. The molecule has 0 bridgehead atoms. The first-order valence-corrected chi connectivity index (χ1v) is 10.7. The zero-order valence-corrected chi connectivity index (χ0v) is 16.5. The number of benzene rings is 2. The monoisotopic (exact) mass is 384 g/mol. The molecule has 150 valence electrons. The van der Waals surface area contributed by atoms with Crippen molar-refractivity contribution in [1.82, 2.24) is 9.80 Å². The summed E-state index contributed by atoms with van der Waals surface area (Å²) in [7, 11) is 0. The zero-order chi connectivity index (χ0) is 19.3. The van der Waals surface area contributed by atoms with Crippen molar-refractivity contribution in [2.24, 2.45) is 5.92 Å². The minimum absolute atomic E-state index is 0.157. The topological polar surface area (TPSA) is 6.48 Å². The molecule has 2 aliphatic rings. The second-order valence-electron chi connectivity index (χ2n) is 8.33. The van der Waals surface area contributed by atoms with Crippen LogP contribution in [-0.2, 0) is 6.54 Å². The van der Waals surface area contributed by atoms with E-state index in [1.807, 2.05) is 24.3 Å². The third-order valence-electron chi connectivity index (χ3n) is 6.43. The van der Waals surface area contributed by atoms with Gasteiger partial charge in [-0.05, 0) is 54.2 Å². The first-order chi connectivity index (χ1) is 13.7. The van der Waals surface area contributed by atoms with E-state index < -0.39 is 0 Å². The normalized spacial score (nSPS) is 20.9. The van der Waals surface area contributed by atoms with E-state index in [1.165, 1.54) is 37.7 Å². The van der Waals surface area contributed by atoms with E-state index in [2.05, 4.69) is 9.80 Å². The van der Waals surface area contributed by atoms with Gasteiger partial charge in [0.05, 0.1) is 0 Å². The van der Waals surface area contributed by atoms with Crippen LogP contribution in [-0.4, -0.2) is 36.0 Å². The summed E-state index contributed by atoms with van der Waals surface area (Å²) in [5, 5.41) is 0. The summed E-state index contributed by atoms with van der Waals surface area (Å²) in [6, 6.07) is 14.4. The lowest BCUT2D eigenvalue weighted by molar-refractivity contribution is 0.0547. The van der Waals surface area contributed by atoms with Gasteiger partial charge in [-0.2, -0.15) is 0 Å². The molecule has 1 atom stereocenters. The molecule has 2 fully saturated rings. The van der Waals surface area contributed by atoms with Crippen LogP contribution in [0.2, 0.25) is 0 Å². The molecule has 28 heavy (non-hydrogen) atoms. The minimum atomic E-state index is -0.178. The number of halogens is 2. The van der Waals surface area contributed by atoms with Gasteiger partial charge in [0.1, 0.15) is 11.6 Å². The van der Waals surface area contributed by atoms with Crippen LogP contribution in [0.1, 0.15) is 49.3 Å². The highest BCUT2D eigenvalue weighted by molar-refractivity contribution is 5.21. The van der Waals surface area contributed by atoms with Crippen molar-refractivity contribution in [3.63, 3.8) is 0 Å². The van der Waals surface area contributed by atoms with Gasteiger partial charge in [-0.1, -0.05) is 43.5 Å². The van der Waals surface area contributed by atoms with Gasteiger partial charge in [-0.25, -0.2) is 8.78 Å². The molecule has 4 rings (SSSR count). The van der Waals surface area contributed by atoms with Gasteiger partial charge >= 0.3 is 0 Å². The van der Waals surface area contributed by atoms with E-state index >= 15 is 0 Å². The number of hydrogen-bond donors (Lipinski definition) is 0. The van der Waals surface area contributed by atoms with Crippen LogP contribution in [0.4, 0.5) is 8.78 Å². The summed E-state index contributed by atoms with van der Waals surface area (Å²) in [5.41, 5.74) is 2.43. The van der Waals surface area contributed by atoms with E-state index in [4.69, 9.17) is 0 Å². The van der Waals surface area contributed by atoms with E-state index in [1.54, 1.807) is 24.3 Å². The Kier molecular flexibility index (Phi) is 6.38. The summed E-state index contributed by atoms with van der Waals surface area (Å²) in [6.45, 7) is 4.96. The van der Waals surface area contributed by atoms with E-state index in [0.29, 0.717) is 12.0 Å². The van der Waals surface area contributed by atoms with Gasteiger partial charge < -0.3 is 0 Å². The molecule has 2 aromatic carbocycles. The van der Waals surface area contributed by atoms with Gasteiger partial charge in [0, 0.05) is 38.8 Å². The highest BCUT2D eigenvalue weighted by Gasteiger charge is 2.32. The Balaban J connectivity index is 1.42. The third-order valence-corrected chi connectivity index (χ3v) is 6.43. The molecule has 0 N–H and O–H groups in total. The molecule has 0 amide bonds. The average molecular weight is 385 g/mol. The molecule has 0 spiro atoms. The summed E-state index contributed by atoms with van der Waals surface area (Å²) in [5.74, 6) is 0.335. The van der Waals surface area contributed by atoms with Crippen LogP contribution >= 0.6 is 0 Å². The second-order valence-corrected chi connectivity index (χ2v) is 8.33. The van der Waals surface area contributed by atoms with E-state index in [-0.39, 0.29) is 11.6 Å². The summed E-state index contributed by atoms with van der Waals surface area (Å²) in [4.78, 5) is 5.07. The lowest BCUT2D eigenvalue weighted by atomic mass is 9.80. The molecule has 0 aromatic heterocycles. The summed E-state index contributed by atoms with van der Waals surface area (Å²) < 4.78 is 26.6. The molecule has 2 nitrogen and oxygen atoms in total. The van der Waals surface area contributed by atoms with Crippen molar-refractivity contribution in [3.05, 3.63) is 71.3 Å². The SMILES string of the molecule is Fc1ccc(CN2CCN(C(c3ccc(F)cc3)C3CCCCC3)CC2)cc1. The molecule has 0 radical (unpaired) electrons. The molecule has 1 saturated heterocycles. The summed E-state index contributed by atoms with van der Waals surface area (Å²) in [6.07, 6.45) is 6.52. The predicted octanol–water partition coefficient (Wildman–Crippen LogP) is 5.40. The smallest absolute Gasteiger partial charge is 0.123 e. The standard InChI is InChI=1S/C24H30F2N2/c25-22-10-6-19(7-11-22)18-27-14-16-28(17-15-27)24(20-4-2-1-3-5-20)21-8-12-23(26)13-9-21/h6-13,20,24H,1-5,14-18H2. The molecular weight excluding hydrogens is 354 g/mol. The largest absolute Gasteiger partial charge is 0.297 e. The summed E-state index contributed by atoms with van der Waals surface area (Å²) >= 11 is 0. The minimum Gasteiger partial charge on any atom is -0.297 e. The Morgan fingerprint density at radius 2 is 1.32 bits per heavy atom. The van der Waals surface area contributed by atoms with Crippen molar-refractivity contribution >= 4 is 0 Å². The number of nitrogens with zero attached hydrogens (tertiary/aromatic N) is 2. The highest BCUT2D eigenvalue weighted by Crippen LogP contribution is 2.38. The van der Waals surface area contributed by atoms with Gasteiger partial charge in [-0.3, -0.25) is 9.80 Å². The fourth-order valence-electron chi connectivity index (χ4n) is 4.94. The Bertz CT molecular complexity index is 730. The van der Waals surface area contributed by atoms with Crippen LogP contribution in [0.25, 0.3) is 0 Å². The molecule has 1 aliphatic heterocycles. The molecule has 1 heterocycles. The van der Waals surface area contributed by atoms with Crippen LogP contribution in [0, 0.1) is 17.6 Å². The maximum absolute atomic E-state index is 13.5. The predicted molar refractivity (Wildman–Crippen MR) is 109 cm³/mol. The molecule has 1 aliphatic carbocycles. The van der Waals surface area contributed by atoms with E-state index in [9.17, 15) is 8.78 Å². The fraction of sp³-hybridized carbons (Fsp3) is 0.500. The maximum atomic E-state index is 13.5. The molecule has 1 saturated carbocycles. The van der Waals surface area contributed by atoms with Crippen LogP contribution in [0.5, 0.6) is 0 Å². The first-order valence-electron chi connectivity index (χ1n) is 10.7. The van der Waals surface area contributed by atoms with E-state index in [0.717, 1.165) is 38.3 Å². The molecule has 4 heteroatoms. The molecule has 2 aromatic rings. The van der Waals surface area contributed by atoms with Crippen molar-refractivity contribution in [3.8, 4) is 0 Å². The lowest BCUT2D eigenvalue weighted by Crippen LogP contribution is -2.48. The quantitative estimate of drug-likeness (QED) is 0.681. The van der Waals surface area contributed by atoms with Crippen LogP contribution in [0.3, 0.4) is 0 Å². The van der Waals surface area contributed by atoms with Gasteiger partial charge in [0.25, 0.3) is 0 Å². The molecular formula is C24H30F2N2. The number of hydrogen-bond acceptors (Lipinski definition) is 2. The van der Waals surface area contributed by atoms with Gasteiger partial charge in [0.2, 0.25) is 0 Å².